The number of anilines is 1. The van der Waals surface area contributed by atoms with E-state index in [0.717, 1.165) is 9.37 Å². The van der Waals surface area contributed by atoms with Crippen LogP contribution in [0.3, 0.4) is 0 Å². The molecule has 0 bridgehead atoms. The first kappa shape index (κ1) is 14.9. The number of aromatic nitrogens is 1. The number of hydrogen-bond donors (Lipinski definition) is 1. The summed E-state index contributed by atoms with van der Waals surface area (Å²) in [6.45, 7) is 2.07. The van der Waals surface area contributed by atoms with Gasteiger partial charge in [-0.15, -0.1) is 0 Å². The molecule has 104 valence electrons. The Hall–Kier alpha value is -1.53. The highest BCUT2D eigenvalue weighted by Crippen LogP contribution is 2.29. The summed E-state index contributed by atoms with van der Waals surface area (Å²) in [7, 11) is 0. The van der Waals surface area contributed by atoms with Gasteiger partial charge in [0.2, 0.25) is 0 Å². The van der Waals surface area contributed by atoms with Gasteiger partial charge in [0.1, 0.15) is 5.03 Å². The van der Waals surface area contributed by atoms with E-state index in [2.05, 4.69) is 20.9 Å². The van der Waals surface area contributed by atoms with E-state index in [1.165, 1.54) is 18.0 Å². The zero-order valence-corrected chi connectivity index (χ0v) is 13.2. The standard InChI is InChI=1S/C14H13BrN2O2S/c1-2-19-14(18)11-7-13(17-8-12(11)16)20-10-5-3-9(15)4-6-10/h3-8H,2,16H2,1H3. The second kappa shape index (κ2) is 6.76. The number of esters is 1. The molecule has 0 saturated carbocycles. The topological polar surface area (TPSA) is 65.2 Å². The van der Waals surface area contributed by atoms with Gasteiger partial charge in [-0.1, -0.05) is 27.7 Å². The van der Waals surface area contributed by atoms with Crippen LogP contribution in [-0.2, 0) is 4.74 Å². The number of hydrogen-bond acceptors (Lipinski definition) is 5. The van der Waals surface area contributed by atoms with Crippen LogP contribution in [0.5, 0.6) is 0 Å². The minimum atomic E-state index is -0.426. The summed E-state index contributed by atoms with van der Waals surface area (Å²) in [6, 6.07) is 9.49. The van der Waals surface area contributed by atoms with E-state index in [9.17, 15) is 4.79 Å². The number of benzene rings is 1. The van der Waals surface area contributed by atoms with Crippen LogP contribution in [0.25, 0.3) is 0 Å². The molecule has 0 aliphatic rings. The molecule has 0 radical (unpaired) electrons. The number of nitrogen functional groups attached to an aromatic ring is 1. The Kier molecular flexibility index (Phi) is 5.03. The minimum absolute atomic E-state index is 0.315. The van der Waals surface area contributed by atoms with Gasteiger partial charge in [0.15, 0.2) is 0 Å². The molecule has 0 fully saturated rings. The average Bonchev–Trinajstić information content (AvgIpc) is 2.43. The number of carbonyl (C=O) groups is 1. The quantitative estimate of drug-likeness (QED) is 0.848. The summed E-state index contributed by atoms with van der Waals surface area (Å²) in [5, 5.41) is 0.699. The van der Waals surface area contributed by atoms with Crippen molar-refractivity contribution in [3.63, 3.8) is 0 Å². The van der Waals surface area contributed by atoms with E-state index in [1.807, 2.05) is 24.3 Å². The molecule has 1 aromatic heterocycles. The molecule has 2 rings (SSSR count). The van der Waals surface area contributed by atoms with Crippen molar-refractivity contribution in [2.75, 3.05) is 12.3 Å². The van der Waals surface area contributed by atoms with E-state index >= 15 is 0 Å². The van der Waals surface area contributed by atoms with E-state index in [0.29, 0.717) is 22.9 Å². The number of nitrogens with zero attached hydrogens (tertiary/aromatic N) is 1. The molecule has 0 aliphatic carbocycles. The molecular weight excluding hydrogens is 340 g/mol. The maximum absolute atomic E-state index is 11.8. The van der Waals surface area contributed by atoms with Gasteiger partial charge in [0.25, 0.3) is 0 Å². The molecule has 0 saturated heterocycles. The van der Waals surface area contributed by atoms with Crippen LogP contribution in [0.15, 0.2) is 50.9 Å². The van der Waals surface area contributed by atoms with Crippen molar-refractivity contribution in [1.82, 2.24) is 4.98 Å². The van der Waals surface area contributed by atoms with Crippen LogP contribution < -0.4 is 5.73 Å². The Morgan fingerprint density at radius 2 is 2.10 bits per heavy atom. The molecule has 0 aliphatic heterocycles. The minimum Gasteiger partial charge on any atom is -0.462 e. The van der Waals surface area contributed by atoms with Crippen molar-refractivity contribution in [1.29, 1.82) is 0 Å². The number of carbonyl (C=O) groups excluding carboxylic acids is 1. The maximum Gasteiger partial charge on any atom is 0.340 e. The van der Waals surface area contributed by atoms with E-state index in [-0.39, 0.29) is 0 Å². The van der Waals surface area contributed by atoms with Gasteiger partial charge in [-0.2, -0.15) is 0 Å². The predicted molar refractivity (Wildman–Crippen MR) is 82.9 cm³/mol. The number of ether oxygens (including phenoxy) is 1. The van der Waals surface area contributed by atoms with E-state index in [1.54, 1.807) is 13.0 Å². The lowest BCUT2D eigenvalue weighted by molar-refractivity contribution is 0.0527. The number of pyridine rings is 1. The summed E-state index contributed by atoms with van der Waals surface area (Å²) in [5.74, 6) is -0.426. The zero-order chi connectivity index (χ0) is 14.5. The molecular formula is C14H13BrN2O2S. The van der Waals surface area contributed by atoms with Gasteiger partial charge < -0.3 is 10.5 Å². The lowest BCUT2D eigenvalue weighted by atomic mass is 10.2. The first-order valence-corrected chi connectivity index (χ1v) is 7.57. The summed E-state index contributed by atoms with van der Waals surface area (Å²) in [6.07, 6.45) is 1.48. The first-order chi connectivity index (χ1) is 9.60. The van der Waals surface area contributed by atoms with E-state index < -0.39 is 5.97 Å². The Morgan fingerprint density at radius 1 is 1.40 bits per heavy atom. The third-order valence-electron chi connectivity index (χ3n) is 2.44. The Labute approximate surface area is 129 Å². The van der Waals surface area contributed by atoms with Crippen LogP contribution in [0.4, 0.5) is 5.69 Å². The Morgan fingerprint density at radius 3 is 2.75 bits per heavy atom. The fourth-order valence-corrected chi connectivity index (χ4v) is 2.57. The highest BCUT2D eigenvalue weighted by atomic mass is 79.9. The van der Waals surface area contributed by atoms with Gasteiger partial charge in [-0.25, -0.2) is 9.78 Å². The normalized spacial score (nSPS) is 10.3. The monoisotopic (exact) mass is 352 g/mol. The number of nitrogens with two attached hydrogens (primary N) is 1. The van der Waals surface area contributed by atoms with Gasteiger partial charge >= 0.3 is 5.97 Å². The van der Waals surface area contributed by atoms with Crippen molar-refractivity contribution < 1.29 is 9.53 Å². The molecule has 20 heavy (non-hydrogen) atoms. The van der Waals surface area contributed by atoms with Gasteiger partial charge in [0, 0.05) is 9.37 Å². The largest absolute Gasteiger partial charge is 0.462 e. The van der Waals surface area contributed by atoms with Crippen molar-refractivity contribution in [2.24, 2.45) is 0 Å². The van der Waals surface area contributed by atoms with Crippen LogP contribution >= 0.6 is 27.7 Å². The molecule has 0 spiro atoms. The summed E-state index contributed by atoms with van der Waals surface area (Å²) < 4.78 is 5.98. The highest BCUT2D eigenvalue weighted by Gasteiger charge is 2.13. The molecule has 0 atom stereocenters. The van der Waals surface area contributed by atoms with Crippen molar-refractivity contribution in [3.8, 4) is 0 Å². The second-order valence-corrected chi connectivity index (χ2v) is 5.90. The Balaban J connectivity index is 2.22. The van der Waals surface area contributed by atoms with Crippen molar-refractivity contribution >= 4 is 39.3 Å². The maximum atomic E-state index is 11.8. The van der Waals surface area contributed by atoms with Crippen molar-refractivity contribution in [3.05, 3.63) is 46.6 Å². The molecule has 1 aromatic carbocycles. The fraction of sp³-hybridized carbons (Fsp3) is 0.143. The Bertz CT molecular complexity index is 617. The van der Waals surface area contributed by atoms with Crippen LogP contribution in [0.2, 0.25) is 0 Å². The summed E-state index contributed by atoms with van der Waals surface area (Å²) in [5.41, 5.74) is 6.43. The molecule has 0 amide bonds. The van der Waals surface area contributed by atoms with Gasteiger partial charge in [-0.3, -0.25) is 0 Å². The predicted octanol–water partition coefficient (Wildman–Crippen LogP) is 3.75. The fourth-order valence-electron chi connectivity index (χ4n) is 1.51. The number of rotatable bonds is 4. The molecule has 1 heterocycles. The van der Waals surface area contributed by atoms with Crippen LogP contribution in [0, 0.1) is 0 Å². The third-order valence-corrected chi connectivity index (χ3v) is 3.91. The SMILES string of the molecule is CCOC(=O)c1cc(Sc2ccc(Br)cc2)ncc1N. The van der Waals surface area contributed by atoms with Crippen molar-refractivity contribution in [2.45, 2.75) is 16.8 Å². The second-order valence-electron chi connectivity index (χ2n) is 3.89. The first-order valence-electron chi connectivity index (χ1n) is 5.96. The highest BCUT2D eigenvalue weighted by molar-refractivity contribution is 9.10. The smallest absolute Gasteiger partial charge is 0.340 e. The summed E-state index contributed by atoms with van der Waals surface area (Å²) in [4.78, 5) is 17.0. The molecule has 4 nitrogen and oxygen atoms in total. The molecule has 0 unspecified atom stereocenters. The number of halogens is 1. The lowest BCUT2D eigenvalue weighted by Gasteiger charge is -2.07. The van der Waals surface area contributed by atoms with Crippen LogP contribution in [-0.4, -0.2) is 17.6 Å². The lowest BCUT2D eigenvalue weighted by Crippen LogP contribution is -2.08. The third kappa shape index (κ3) is 3.74. The zero-order valence-electron chi connectivity index (χ0n) is 10.8. The average molecular weight is 353 g/mol. The van der Waals surface area contributed by atoms with E-state index in [4.69, 9.17) is 10.5 Å². The molecule has 6 heteroatoms. The van der Waals surface area contributed by atoms with Gasteiger partial charge in [0.05, 0.1) is 24.1 Å². The molecule has 2 aromatic rings. The summed E-state index contributed by atoms with van der Waals surface area (Å²) >= 11 is 4.85. The van der Waals surface area contributed by atoms with Gasteiger partial charge in [-0.05, 0) is 37.3 Å². The molecule has 2 N–H and O–H groups in total. The van der Waals surface area contributed by atoms with Crippen LogP contribution in [0.1, 0.15) is 17.3 Å².